The minimum absolute atomic E-state index is 0.482. The van der Waals surface area contributed by atoms with Gasteiger partial charge >= 0.3 is 0 Å². The molecule has 0 bridgehead atoms. The highest BCUT2D eigenvalue weighted by atomic mass is 14.7. The minimum Gasteiger partial charge on any atom is -0.0798 e. The fourth-order valence-electron chi connectivity index (χ4n) is 6.46. The van der Waals surface area contributed by atoms with Crippen molar-refractivity contribution in [1.82, 2.24) is 0 Å². The van der Waals surface area contributed by atoms with Crippen LogP contribution in [0, 0.1) is 46.8 Å². The standard InChI is InChI=1S/C27H46/c1-9-11-18(5)19(6)12-14-22-23-24(22)25(23)26-21(17(3)4)15-13-20(10-2)16-27(26,7)8/h14,17-21,23,26H,9-13,15-16H2,1-8H3. The summed E-state index contributed by atoms with van der Waals surface area (Å²) in [6.45, 7) is 19.8. The van der Waals surface area contributed by atoms with Crippen LogP contribution in [-0.4, -0.2) is 0 Å². The molecule has 154 valence electrons. The van der Waals surface area contributed by atoms with Crippen molar-refractivity contribution in [3.63, 3.8) is 0 Å². The highest BCUT2D eigenvalue weighted by Gasteiger charge is 2.62. The SMILES string of the molecule is CCCC(C)C(C)CC=C1C2=C(C3C(C(C)C)CCC(CC)CC3(C)C)C12. The summed E-state index contributed by atoms with van der Waals surface area (Å²) in [6.07, 6.45) is 12.3. The molecule has 0 heteroatoms. The number of allylic oxidation sites excluding steroid dienone is 4. The Kier molecular flexibility index (Phi) is 6.34. The quantitative estimate of drug-likeness (QED) is 0.376. The van der Waals surface area contributed by atoms with Crippen molar-refractivity contribution in [2.75, 3.05) is 0 Å². The predicted molar refractivity (Wildman–Crippen MR) is 120 cm³/mol. The van der Waals surface area contributed by atoms with Crippen LogP contribution in [0.3, 0.4) is 0 Å². The smallest absolute Gasteiger partial charge is 0.0311 e. The first-order valence-corrected chi connectivity index (χ1v) is 12.2. The molecule has 3 aliphatic carbocycles. The second-order valence-corrected chi connectivity index (χ2v) is 11.4. The van der Waals surface area contributed by atoms with E-state index in [4.69, 9.17) is 0 Å². The molecular formula is C27H46. The Morgan fingerprint density at radius 2 is 1.70 bits per heavy atom. The van der Waals surface area contributed by atoms with E-state index in [-0.39, 0.29) is 0 Å². The highest BCUT2D eigenvalue weighted by molar-refractivity contribution is 5.79. The minimum atomic E-state index is 0.482. The molecule has 0 radical (unpaired) electrons. The van der Waals surface area contributed by atoms with Crippen molar-refractivity contribution in [2.45, 2.75) is 100 Å². The Morgan fingerprint density at radius 3 is 2.26 bits per heavy atom. The van der Waals surface area contributed by atoms with Gasteiger partial charge in [0.2, 0.25) is 0 Å². The molecule has 6 atom stereocenters. The monoisotopic (exact) mass is 370 g/mol. The van der Waals surface area contributed by atoms with E-state index in [1.807, 2.05) is 11.1 Å². The molecule has 0 amide bonds. The molecule has 0 heterocycles. The van der Waals surface area contributed by atoms with Crippen LogP contribution in [0.2, 0.25) is 0 Å². The van der Waals surface area contributed by atoms with Crippen LogP contribution in [0.25, 0.3) is 0 Å². The fourth-order valence-corrected chi connectivity index (χ4v) is 6.46. The summed E-state index contributed by atoms with van der Waals surface area (Å²) < 4.78 is 0. The zero-order valence-corrected chi connectivity index (χ0v) is 19.6. The average Bonchev–Trinajstić information content (AvgIpc) is 3.48. The van der Waals surface area contributed by atoms with E-state index in [0.29, 0.717) is 5.41 Å². The number of hydrogen-bond acceptors (Lipinski definition) is 0. The maximum Gasteiger partial charge on any atom is 0.0311 e. The first-order chi connectivity index (χ1) is 12.7. The summed E-state index contributed by atoms with van der Waals surface area (Å²) in [5.74, 6) is 6.06. The molecule has 0 aromatic carbocycles. The number of fused-ring (bicyclic) bond motifs is 1. The molecule has 0 spiro atoms. The summed E-state index contributed by atoms with van der Waals surface area (Å²) in [5, 5.41) is 0. The topological polar surface area (TPSA) is 0 Å². The molecule has 0 N–H and O–H groups in total. The molecule has 3 rings (SSSR count). The van der Waals surface area contributed by atoms with Crippen molar-refractivity contribution in [3.05, 3.63) is 22.8 Å². The Morgan fingerprint density at radius 1 is 1.04 bits per heavy atom. The largest absolute Gasteiger partial charge is 0.0798 e. The zero-order chi connectivity index (χ0) is 19.9. The van der Waals surface area contributed by atoms with Gasteiger partial charge in [-0.3, -0.25) is 0 Å². The predicted octanol–water partition coefficient (Wildman–Crippen LogP) is 8.44. The molecule has 0 aromatic rings. The van der Waals surface area contributed by atoms with Gasteiger partial charge in [-0.25, -0.2) is 0 Å². The summed E-state index contributed by atoms with van der Waals surface area (Å²) >= 11 is 0. The van der Waals surface area contributed by atoms with Gasteiger partial charge in [0, 0.05) is 5.92 Å². The van der Waals surface area contributed by atoms with E-state index in [2.05, 4.69) is 61.5 Å². The van der Waals surface area contributed by atoms with Crippen molar-refractivity contribution in [3.8, 4) is 0 Å². The van der Waals surface area contributed by atoms with Crippen molar-refractivity contribution in [2.24, 2.45) is 46.8 Å². The second kappa shape index (κ2) is 8.08. The summed E-state index contributed by atoms with van der Waals surface area (Å²) in [6, 6.07) is 0. The first-order valence-electron chi connectivity index (χ1n) is 12.2. The van der Waals surface area contributed by atoms with Gasteiger partial charge in [0.1, 0.15) is 0 Å². The highest BCUT2D eigenvalue weighted by Crippen LogP contribution is 2.73. The van der Waals surface area contributed by atoms with Crippen molar-refractivity contribution in [1.29, 1.82) is 0 Å². The molecule has 3 aliphatic rings. The molecule has 2 saturated carbocycles. The average molecular weight is 371 g/mol. The van der Waals surface area contributed by atoms with Gasteiger partial charge < -0.3 is 0 Å². The fraction of sp³-hybridized carbons (Fsp3) is 0.852. The lowest BCUT2D eigenvalue weighted by molar-refractivity contribution is 0.135. The maximum absolute atomic E-state index is 2.61. The van der Waals surface area contributed by atoms with Crippen LogP contribution in [0.5, 0.6) is 0 Å². The molecular weight excluding hydrogens is 324 g/mol. The lowest BCUT2D eigenvalue weighted by Crippen LogP contribution is -2.33. The van der Waals surface area contributed by atoms with Crippen LogP contribution in [0.15, 0.2) is 22.8 Å². The molecule has 0 nitrogen and oxygen atoms in total. The second-order valence-electron chi connectivity index (χ2n) is 11.4. The number of hydrogen-bond donors (Lipinski definition) is 0. The Labute approximate surface area is 170 Å². The molecule has 0 saturated heterocycles. The van der Waals surface area contributed by atoms with E-state index in [1.54, 1.807) is 5.57 Å². The lowest BCUT2D eigenvalue weighted by atomic mass is 9.64. The molecule has 0 aromatic heterocycles. The van der Waals surface area contributed by atoms with Crippen LogP contribution in [0.1, 0.15) is 100 Å². The van der Waals surface area contributed by atoms with Crippen molar-refractivity contribution < 1.29 is 0 Å². The summed E-state index contributed by atoms with van der Waals surface area (Å²) in [7, 11) is 0. The third kappa shape index (κ3) is 4.25. The Hall–Kier alpha value is -0.520. The van der Waals surface area contributed by atoms with Gasteiger partial charge in [-0.15, -0.1) is 0 Å². The molecule has 0 aliphatic heterocycles. The third-order valence-corrected chi connectivity index (χ3v) is 8.55. The van der Waals surface area contributed by atoms with Gasteiger partial charge in [-0.1, -0.05) is 87.1 Å². The Bertz CT molecular complexity index is 587. The maximum atomic E-state index is 2.61. The van der Waals surface area contributed by atoms with Gasteiger partial charge in [0.25, 0.3) is 0 Å². The van der Waals surface area contributed by atoms with Crippen molar-refractivity contribution >= 4 is 0 Å². The van der Waals surface area contributed by atoms with Gasteiger partial charge in [0.15, 0.2) is 0 Å². The van der Waals surface area contributed by atoms with E-state index in [1.165, 1.54) is 44.9 Å². The van der Waals surface area contributed by atoms with Gasteiger partial charge in [-0.2, -0.15) is 0 Å². The van der Waals surface area contributed by atoms with Gasteiger partial charge in [-0.05, 0) is 76.9 Å². The molecule has 6 unspecified atom stereocenters. The normalized spacial score (nSPS) is 35.8. The summed E-state index contributed by atoms with van der Waals surface area (Å²) in [4.78, 5) is 0. The zero-order valence-electron chi connectivity index (χ0n) is 19.6. The van der Waals surface area contributed by atoms with Crippen LogP contribution in [0.4, 0.5) is 0 Å². The van der Waals surface area contributed by atoms with E-state index in [9.17, 15) is 0 Å². The third-order valence-electron chi connectivity index (χ3n) is 8.55. The van der Waals surface area contributed by atoms with E-state index >= 15 is 0 Å². The lowest BCUT2D eigenvalue weighted by Gasteiger charge is -2.40. The summed E-state index contributed by atoms with van der Waals surface area (Å²) in [5.41, 5.74) is 5.94. The molecule has 2 fully saturated rings. The first kappa shape index (κ1) is 21.2. The molecule has 27 heavy (non-hydrogen) atoms. The van der Waals surface area contributed by atoms with Crippen LogP contribution < -0.4 is 0 Å². The number of rotatable bonds is 8. The van der Waals surface area contributed by atoms with E-state index in [0.717, 1.165) is 41.4 Å². The van der Waals surface area contributed by atoms with Gasteiger partial charge in [0.05, 0.1) is 0 Å². The van der Waals surface area contributed by atoms with E-state index < -0.39 is 0 Å². The Balaban J connectivity index is 1.71. The van der Waals surface area contributed by atoms with Crippen LogP contribution >= 0.6 is 0 Å². The van der Waals surface area contributed by atoms with Crippen LogP contribution in [-0.2, 0) is 0 Å².